The Kier molecular flexibility index (Phi) is 8.35. The molecule has 0 amide bonds. The molecule has 0 spiro atoms. The summed E-state index contributed by atoms with van der Waals surface area (Å²) in [5.74, 6) is 0. The SMILES string of the molecule is OCCC[CH2][K]. The van der Waals surface area contributed by atoms with E-state index in [-0.39, 0.29) is 0 Å². The molecular formula is C4H9KO. The average Bonchev–Trinajstić information content (AvgIpc) is 1.61. The van der Waals surface area contributed by atoms with Crippen molar-refractivity contribution in [2.24, 2.45) is 0 Å². The Morgan fingerprint density at radius 2 is 2.00 bits per heavy atom. The summed E-state index contributed by atoms with van der Waals surface area (Å²) in [4.78, 5) is 0. The van der Waals surface area contributed by atoms with E-state index in [4.69, 9.17) is 5.11 Å². The van der Waals surface area contributed by atoms with Gasteiger partial charge < -0.3 is 0 Å². The summed E-state index contributed by atoms with van der Waals surface area (Å²) in [5, 5.41) is 8.22. The molecule has 2 heteroatoms. The number of hydrogen-bond donors (Lipinski definition) is 1. The number of rotatable bonds is 3. The fourth-order valence-corrected chi connectivity index (χ4v) is 1.14. The molecule has 0 aromatic carbocycles. The minimum atomic E-state index is 0.385. The minimum absolute atomic E-state index is 0.385. The van der Waals surface area contributed by atoms with E-state index in [1.165, 1.54) is 6.94 Å². The Labute approximate surface area is 72.7 Å². The quantitative estimate of drug-likeness (QED) is 0.412. The first-order valence-corrected chi connectivity index (χ1v) is 4.73. The van der Waals surface area contributed by atoms with Crippen LogP contribution in [0.5, 0.6) is 0 Å². The Hall–Kier alpha value is 1.60. The van der Waals surface area contributed by atoms with E-state index in [0.717, 1.165) is 55.4 Å². The van der Waals surface area contributed by atoms with Crippen LogP contribution in [0, 0.1) is 0 Å². The van der Waals surface area contributed by atoms with Gasteiger partial charge in [0.15, 0.2) is 0 Å². The van der Waals surface area contributed by atoms with Gasteiger partial charge in [0.1, 0.15) is 0 Å². The van der Waals surface area contributed by atoms with E-state index in [1.807, 2.05) is 0 Å². The normalized spacial score (nSPS) is 9.17. The Bertz CT molecular complexity index is 19.5. The van der Waals surface area contributed by atoms with Crippen LogP contribution in [-0.4, -0.2) is 60.7 Å². The first-order chi connectivity index (χ1) is 2.91. The third kappa shape index (κ3) is 5.60. The summed E-state index contributed by atoms with van der Waals surface area (Å²) in [6.45, 7) is 0.385. The molecule has 0 aromatic heterocycles. The second-order valence-corrected chi connectivity index (χ2v) is 2.99. The topological polar surface area (TPSA) is 20.2 Å². The maximum absolute atomic E-state index is 8.22. The van der Waals surface area contributed by atoms with Gasteiger partial charge in [0.25, 0.3) is 0 Å². The van der Waals surface area contributed by atoms with Crippen molar-refractivity contribution in [1.82, 2.24) is 0 Å². The van der Waals surface area contributed by atoms with Crippen LogP contribution < -0.4 is 0 Å². The van der Waals surface area contributed by atoms with Crippen LogP contribution >= 0.6 is 0 Å². The molecule has 0 aromatic rings. The summed E-state index contributed by atoms with van der Waals surface area (Å²) in [5.41, 5.74) is 0. The fourth-order valence-electron chi connectivity index (χ4n) is 0.362. The molecule has 0 unspecified atom stereocenters. The van der Waals surface area contributed by atoms with Crippen LogP contribution in [0.1, 0.15) is 12.8 Å². The van der Waals surface area contributed by atoms with Gasteiger partial charge in [-0.2, -0.15) is 0 Å². The Morgan fingerprint density at radius 3 is 2.17 bits per heavy atom. The van der Waals surface area contributed by atoms with Crippen molar-refractivity contribution in [2.45, 2.75) is 13.4 Å². The summed E-state index contributed by atoms with van der Waals surface area (Å²) < 4.78 is 1.38. The van der Waals surface area contributed by atoms with E-state index in [0.29, 0.717) is 6.61 Å². The van der Waals surface area contributed by atoms with E-state index < -0.39 is 0 Å². The molecule has 0 radical (unpaired) electrons. The molecule has 0 saturated carbocycles. The molecule has 1 nitrogen and oxygen atoms in total. The van der Waals surface area contributed by atoms with Crippen molar-refractivity contribution in [2.75, 3.05) is 6.61 Å². The van der Waals surface area contributed by atoms with Crippen molar-refractivity contribution < 1.29 is 5.11 Å². The molecule has 6 heavy (non-hydrogen) atoms. The van der Waals surface area contributed by atoms with Crippen LogP contribution in [-0.2, 0) is 0 Å². The molecule has 0 rings (SSSR count). The second kappa shape index (κ2) is 6.60. The predicted octanol–water partition coefficient (Wildman–Crippen LogP) is 0.346. The molecule has 0 aliphatic rings. The zero-order valence-corrected chi connectivity index (χ0v) is 7.40. The summed E-state index contributed by atoms with van der Waals surface area (Å²) >= 11 is 1.00. The summed E-state index contributed by atoms with van der Waals surface area (Å²) in [6, 6.07) is 0. The molecule has 0 aliphatic heterocycles. The fraction of sp³-hybridized carbons (Fsp3) is 1.00. The van der Waals surface area contributed by atoms with Crippen molar-refractivity contribution in [3.8, 4) is 0 Å². The van der Waals surface area contributed by atoms with Gasteiger partial charge in [0.05, 0.1) is 0 Å². The van der Waals surface area contributed by atoms with Gasteiger partial charge >= 0.3 is 74.0 Å². The third-order valence-corrected chi connectivity index (χ3v) is 1.87. The molecule has 0 atom stereocenters. The molecule has 0 saturated heterocycles. The van der Waals surface area contributed by atoms with Crippen molar-refractivity contribution in [3.05, 3.63) is 0 Å². The van der Waals surface area contributed by atoms with Gasteiger partial charge in [0, 0.05) is 0 Å². The third-order valence-electron chi connectivity index (χ3n) is 0.762. The zero-order chi connectivity index (χ0) is 4.83. The number of aliphatic hydroxyl groups excluding tert-OH is 1. The van der Waals surface area contributed by atoms with Crippen LogP contribution in [0.25, 0.3) is 0 Å². The van der Waals surface area contributed by atoms with E-state index in [1.54, 1.807) is 0 Å². The first kappa shape index (κ1) is 7.60. The Balaban J connectivity index is 2.34. The molecule has 0 bridgehead atoms. The standard InChI is InChI=1S/C4H9O.K/c1-2-3-4-5;/h5H,1-4H2;. The van der Waals surface area contributed by atoms with Crippen molar-refractivity contribution in [3.63, 3.8) is 0 Å². The summed E-state index contributed by atoms with van der Waals surface area (Å²) in [6.07, 6.45) is 2.26. The van der Waals surface area contributed by atoms with Gasteiger partial charge in [-0.15, -0.1) is 0 Å². The number of aliphatic hydroxyl groups is 1. The first-order valence-electron chi connectivity index (χ1n) is 2.52. The number of hydrogen-bond acceptors (Lipinski definition) is 1. The van der Waals surface area contributed by atoms with Crippen molar-refractivity contribution >= 4 is 49.0 Å². The molecule has 0 aliphatic carbocycles. The van der Waals surface area contributed by atoms with Crippen LogP contribution in [0.3, 0.4) is 0 Å². The molecule has 1 N–H and O–H groups in total. The van der Waals surface area contributed by atoms with E-state index in [9.17, 15) is 0 Å². The van der Waals surface area contributed by atoms with Crippen LogP contribution in [0.4, 0.5) is 0 Å². The molecule has 32 valence electrons. The van der Waals surface area contributed by atoms with E-state index >= 15 is 0 Å². The van der Waals surface area contributed by atoms with Crippen LogP contribution in [0.15, 0.2) is 0 Å². The summed E-state index contributed by atoms with van der Waals surface area (Å²) in [7, 11) is 0. The molecule has 0 heterocycles. The van der Waals surface area contributed by atoms with Gasteiger partial charge in [-0.05, 0) is 0 Å². The monoisotopic (exact) mass is 112 g/mol. The zero-order valence-electron chi connectivity index (χ0n) is 4.28. The number of unbranched alkanes of at least 4 members (excludes halogenated alkanes) is 1. The Morgan fingerprint density at radius 1 is 1.33 bits per heavy atom. The van der Waals surface area contributed by atoms with Gasteiger partial charge in [-0.3, -0.25) is 0 Å². The maximum atomic E-state index is 8.22. The average molecular weight is 112 g/mol. The van der Waals surface area contributed by atoms with E-state index in [2.05, 4.69) is 0 Å². The predicted molar refractivity (Wildman–Crippen MR) is 26.9 cm³/mol. The van der Waals surface area contributed by atoms with Gasteiger partial charge in [-0.25, -0.2) is 0 Å². The van der Waals surface area contributed by atoms with Crippen molar-refractivity contribution in [1.29, 1.82) is 0 Å². The van der Waals surface area contributed by atoms with Gasteiger partial charge in [-0.1, -0.05) is 0 Å². The second-order valence-electron chi connectivity index (χ2n) is 1.43. The molecular weight excluding hydrogens is 103 g/mol. The van der Waals surface area contributed by atoms with Gasteiger partial charge in [0.2, 0.25) is 0 Å². The molecule has 0 fully saturated rings. The van der Waals surface area contributed by atoms with Crippen LogP contribution in [0.2, 0.25) is 0.515 Å².